The number of hydrogen-bond donors (Lipinski definition) is 1. The van der Waals surface area contributed by atoms with Crippen molar-refractivity contribution in [1.29, 1.82) is 0 Å². The van der Waals surface area contributed by atoms with Crippen molar-refractivity contribution in [2.75, 3.05) is 5.32 Å². The van der Waals surface area contributed by atoms with Crippen LogP contribution in [0.1, 0.15) is 11.4 Å². The molecule has 3 nitrogen and oxygen atoms in total. The van der Waals surface area contributed by atoms with Crippen LogP contribution in [0.2, 0.25) is 0 Å². The van der Waals surface area contributed by atoms with Crippen LogP contribution in [0.25, 0.3) is 0 Å². The lowest BCUT2D eigenvalue weighted by Gasteiger charge is -2.08. The zero-order valence-electron chi connectivity index (χ0n) is 11.5. The van der Waals surface area contributed by atoms with Crippen molar-refractivity contribution in [1.82, 2.24) is 9.55 Å². The highest BCUT2D eigenvalue weighted by Gasteiger charge is 1.99. The Morgan fingerprint density at radius 3 is 2.30 bits per heavy atom. The van der Waals surface area contributed by atoms with Gasteiger partial charge in [0, 0.05) is 30.3 Å². The Balaban J connectivity index is 1.70. The molecule has 0 saturated carbocycles. The summed E-state index contributed by atoms with van der Waals surface area (Å²) in [5, 5.41) is 3.38. The van der Waals surface area contributed by atoms with Crippen molar-refractivity contribution < 1.29 is 0 Å². The number of para-hydroxylation sites is 1. The molecule has 3 aromatic rings. The normalized spacial score (nSPS) is 10.4. The third-order valence-electron chi connectivity index (χ3n) is 3.29. The van der Waals surface area contributed by atoms with Gasteiger partial charge in [-0.05, 0) is 36.8 Å². The Labute approximate surface area is 118 Å². The summed E-state index contributed by atoms with van der Waals surface area (Å²) in [5.74, 6) is 1.04. The smallest absolute Gasteiger partial charge is 0.105 e. The predicted octanol–water partition coefficient (Wildman–Crippen LogP) is 3.98. The molecule has 1 aromatic heterocycles. The topological polar surface area (TPSA) is 29.9 Å². The van der Waals surface area contributed by atoms with Crippen LogP contribution in [0.5, 0.6) is 0 Å². The SMILES string of the molecule is Cc1nccn1Cc1ccc(Nc2ccccc2)cc1. The number of hydrogen-bond acceptors (Lipinski definition) is 2. The van der Waals surface area contributed by atoms with E-state index in [4.69, 9.17) is 0 Å². The first-order valence-corrected chi connectivity index (χ1v) is 6.70. The molecule has 1 heterocycles. The molecule has 3 rings (SSSR count). The van der Waals surface area contributed by atoms with Gasteiger partial charge in [-0.2, -0.15) is 0 Å². The molecule has 0 aliphatic rings. The number of nitrogens with zero attached hydrogens (tertiary/aromatic N) is 2. The molecule has 0 aliphatic carbocycles. The Bertz CT molecular complexity index is 669. The highest BCUT2D eigenvalue weighted by molar-refractivity contribution is 5.59. The molecule has 0 amide bonds. The first kappa shape index (κ1) is 12.5. The van der Waals surface area contributed by atoms with E-state index in [1.54, 1.807) is 0 Å². The quantitative estimate of drug-likeness (QED) is 0.771. The molecular weight excluding hydrogens is 246 g/mol. The summed E-state index contributed by atoms with van der Waals surface area (Å²) in [4.78, 5) is 4.24. The van der Waals surface area contributed by atoms with Crippen LogP contribution in [-0.2, 0) is 6.54 Å². The van der Waals surface area contributed by atoms with Gasteiger partial charge >= 0.3 is 0 Å². The lowest BCUT2D eigenvalue weighted by molar-refractivity contribution is 0.762. The predicted molar refractivity (Wildman–Crippen MR) is 82.2 cm³/mol. The summed E-state index contributed by atoms with van der Waals surface area (Å²) >= 11 is 0. The lowest BCUT2D eigenvalue weighted by Crippen LogP contribution is -2.00. The standard InChI is InChI=1S/C17H17N3/c1-14-18-11-12-20(14)13-15-7-9-17(10-8-15)19-16-5-3-2-4-6-16/h2-12,19H,13H2,1H3. The molecule has 3 heteroatoms. The van der Waals surface area contributed by atoms with Crippen LogP contribution in [0, 0.1) is 6.92 Å². The molecule has 0 bridgehead atoms. The fourth-order valence-electron chi connectivity index (χ4n) is 2.15. The number of anilines is 2. The van der Waals surface area contributed by atoms with E-state index in [1.165, 1.54) is 5.56 Å². The molecule has 0 atom stereocenters. The van der Waals surface area contributed by atoms with Crippen LogP contribution in [0.15, 0.2) is 67.0 Å². The summed E-state index contributed by atoms with van der Waals surface area (Å²) < 4.78 is 2.14. The van der Waals surface area contributed by atoms with Gasteiger partial charge in [-0.1, -0.05) is 30.3 Å². The van der Waals surface area contributed by atoms with Crippen molar-refractivity contribution in [3.8, 4) is 0 Å². The number of imidazole rings is 1. The minimum absolute atomic E-state index is 0.859. The van der Waals surface area contributed by atoms with Gasteiger partial charge in [0.25, 0.3) is 0 Å². The maximum Gasteiger partial charge on any atom is 0.105 e. The largest absolute Gasteiger partial charge is 0.356 e. The Hall–Kier alpha value is -2.55. The van der Waals surface area contributed by atoms with E-state index in [-0.39, 0.29) is 0 Å². The summed E-state index contributed by atoms with van der Waals surface area (Å²) in [5.41, 5.74) is 3.47. The molecule has 1 N–H and O–H groups in total. The van der Waals surface area contributed by atoms with Crippen molar-refractivity contribution in [2.24, 2.45) is 0 Å². The molecule has 100 valence electrons. The fourth-order valence-corrected chi connectivity index (χ4v) is 2.15. The van der Waals surface area contributed by atoms with E-state index in [1.807, 2.05) is 37.5 Å². The van der Waals surface area contributed by atoms with E-state index in [2.05, 4.69) is 51.3 Å². The third-order valence-corrected chi connectivity index (χ3v) is 3.29. The van der Waals surface area contributed by atoms with Gasteiger partial charge in [-0.25, -0.2) is 4.98 Å². The van der Waals surface area contributed by atoms with Gasteiger partial charge in [-0.15, -0.1) is 0 Å². The number of benzene rings is 2. The highest BCUT2D eigenvalue weighted by Crippen LogP contribution is 2.17. The number of aryl methyl sites for hydroxylation is 1. The van der Waals surface area contributed by atoms with E-state index >= 15 is 0 Å². The lowest BCUT2D eigenvalue weighted by atomic mass is 10.2. The number of aromatic nitrogens is 2. The molecule has 2 aromatic carbocycles. The Kier molecular flexibility index (Phi) is 3.50. The third kappa shape index (κ3) is 2.88. The first-order valence-electron chi connectivity index (χ1n) is 6.70. The Morgan fingerprint density at radius 2 is 1.65 bits per heavy atom. The van der Waals surface area contributed by atoms with Gasteiger partial charge in [0.05, 0.1) is 0 Å². The van der Waals surface area contributed by atoms with Gasteiger partial charge in [0.2, 0.25) is 0 Å². The average Bonchev–Trinajstić information content (AvgIpc) is 2.88. The van der Waals surface area contributed by atoms with Crippen LogP contribution < -0.4 is 5.32 Å². The molecule has 0 aliphatic heterocycles. The zero-order valence-corrected chi connectivity index (χ0v) is 11.5. The molecule has 20 heavy (non-hydrogen) atoms. The van der Waals surface area contributed by atoms with E-state index in [0.717, 1.165) is 23.7 Å². The average molecular weight is 263 g/mol. The van der Waals surface area contributed by atoms with Gasteiger partial charge in [0.1, 0.15) is 5.82 Å². The number of rotatable bonds is 4. The van der Waals surface area contributed by atoms with E-state index in [0.29, 0.717) is 0 Å². The second kappa shape index (κ2) is 5.61. The molecule has 0 unspecified atom stereocenters. The zero-order chi connectivity index (χ0) is 13.8. The molecular formula is C17H17N3. The van der Waals surface area contributed by atoms with E-state index < -0.39 is 0 Å². The Morgan fingerprint density at radius 1 is 0.950 bits per heavy atom. The van der Waals surface area contributed by atoms with Gasteiger partial charge in [0.15, 0.2) is 0 Å². The van der Waals surface area contributed by atoms with Crippen molar-refractivity contribution >= 4 is 11.4 Å². The maximum atomic E-state index is 4.24. The van der Waals surface area contributed by atoms with Gasteiger partial charge in [-0.3, -0.25) is 0 Å². The van der Waals surface area contributed by atoms with Crippen LogP contribution >= 0.6 is 0 Å². The van der Waals surface area contributed by atoms with Crippen LogP contribution in [0.4, 0.5) is 11.4 Å². The van der Waals surface area contributed by atoms with Crippen LogP contribution in [-0.4, -0.2) is 9.55 Å². The van der Waals surface area contributed by atoms with Crippen molar-refractivity contribution in [3.63, 3.8) is 0 Å². The minimum Gasteiger partial charge on any atom is -0.356 e. The highest BCUT2D eigenvalue weighted by atomic mass is 15.0. The van der Waals surface area contributed by atoms with Crippen molar-refractivity contribution in [3.05, 3.63) is 78.4 Å². The summed E-state index contributed by atoms with van der Waals surface area (Å²) in [6, 6.07) is 18.7. The maximum absolute atomic E-state index is 4.24. The molecule has 0 spiro atoms. The second-order valence-electron chi connectivity index (χ2n) is 4.79. The monoisotopic (exact) mass is 263 g/mol. The molecule has 0 saturated heterocycles. The van der Waals surface area contributed by atoms with Crippen molar-refractivity contribution in [2.45, 2.75) is 13.5 Å². The molecule has 0 radical (unpaired) electrons. The van der Waals surface area contributed by atoms with E-state index in [9.17, 15) is 0 Å². The first-order chi connectivity index (χ1) is 9.81. The molecule has 0 fully saturated rings. The van der Waals surface area contributed by atoms with Gasteiger partial charge < -0.3 is 9.88 Å². The number of nitrogens with one attached hydrogen (secondary N) is 1. The summed E-state index contributed by atoms with van der Waals surface area (Å²) in [6.45, 7) is 2.88. The fraction of sp³-hybridized carbons (Fsp3) is 0.118. The summed E-state index contributed by atoms with van der Waals surface area (Å²) in [6.07, 6.45) is 3.84. The second-order valence-corrected chi connectivity index (χ2v) is 4.79. The van der Waals surface area contributed by atoms with Crippen LogP contribution in [0.3, 0.4) is 0 Å². The summed E-state index contributed by atoms with van der Waals surface area (Å²) in [7, 11) is 0. The minimum atomic E-state index is 0.859.